The summed E-state index contributed by atoms with van der Waals surface area (Å²) in [5.74, 6) is -2.62. The number of primary amides is 1. The molecule has 440 valence electrons. The van der Waals surface area contributed by atoms with Crippen molar-refractivity contribution in [3.63, 3.8) is 0 Å². The van der Waals surface area contributed by atoms with E-state index in [2.05, 4.69) is 37.7 Å². The number of fused-ring (bicyclic) bond motifs is 2. The van der Waals surface area contributed by atoms with Crippen molar-refractivity contribution in [3.05, 3.63) is 216 Å². The van der Waals surface area contributed by atoms with E-state index in [1.807, 2.05) is 54.6 Å². The Morgan fingerprint density at radius 3 is 1.42 bits per heavy atom. The summed E-state index contributed by atoms with van der Waals surface area (Å²) in [6, 6.07) is 34.6. The van der Waals surface area contributed by atoms with Crippen molar-refractivity contribution in [2.24, 2.45) is 16.6 Å². The highest BCUT2D eigenvalue weighted by atomic mass is 35.5. The van der Waals surface area contributed by atoms with Gasteiger partial charge in [-0.3, -0.25) is 24.0 Å². The number of amides is 5. The van der Waals surface area contributed by atoms with E-state index < -0.39 is 29.4 Å². The molecule has 6 aromatic carbocycles. The molecule has 4 N–H and O–H groups in total. The van der Waals surface area contributed by atoms with E-state index in [0.717, 1.165) is 72.3 Å². The number of nitrogens with two attached hydrogens (primary N) is 1. The minimum Gasteiger partial charge on any atom is -0.495 e. The van der Waals surface area contributed by atoms with Gasteiger partial charge >= 0.3 is 0 Å². The van der Waals surface area contributed by atoms with Crippen LogP contribution in [0, 0.1) is 33.8 Å². The van der Waals surface area contributed by atoms with Crippen molar-refractivity contribution in [2.45, 2.75) is 51.4 Å². The molecule has 1 aromatic heterocycles. The van der Waals surface area contributed by atoms with Gasteiger partial charge in [0, 0.05) is 46.7 Å². The monoisotopic (exact) mass is 1260 g/mol. The van der Waals surface area contributed by atoms with E-state index in [0.29, 0.717) is 60.4 Å². The van der Waals surface area contributed by atoms with Crippen LogP contribution >= 0.6 is 58.0 Å². The quantitative estimate of drug-likeness (QED) is 0.123. The fourth-order valence-electron chi connectivity index (χ4n) is 11.1. The van der Waals surface area contributed by atoms with Crippen molar-refractivity contribution in [3.8, 4) is 17.6 Å². The van der Waals surface area contributed by atoms with Crippen LogP contribution in [-0.2, 0) is 17.6 Å². The van der Waals surface area contributed by atoms with Gasteiger partial charge in [0.1, 0.15) is 23.1 Å². The normalized spacial score (nSPS) is 17.3. The smallest absolute Gasteiger partial charge is 0.258 e. The van der Waals surface area contributed by atoms with Crippen LogP contribution in [0.5, 0.6) is 11.5 Å². The Hall–Kier alpha value is -8.44. The zero-order valence-corrected chi connectivity index (χ0v) is 49.8. The molecule has 16 nitrogen and oxygen atoms in total. The standard InChI is InChI=1S/C30H27ClFN3O4.C30H25ClFN3O3.C3Cl3N3/c1-39-26-14-18(6-9-24(26)34-28(37)22-15-21(32)7-8-23(22)31)29(38)35-13-12-30(11-10-20(17-30)27(33)36)16-19-4-2-3-5-25(19)35;1-38-27-14-20(6-9-25(27)34-28(36)23-15-22(32)7-8-24(23)31)29(37)35-13-12-30(11-10-19(16-30)18-33)17-21-4-2-3-5-26(21)35;4-1-7-2(5)9-3(6)8-1/h2-9,14-15,17H,10-13,16H2,1H3,(H2,33,36)(H,34,37);2-9,14-16H,10-13,17H2,1H3,(H,34,36);/t2*30-;/m01./s1. The summed E-state index contributed by atoms with van der Waals surface area (Å²) >= 11 is 28.1. The molecule has 2 atom stereocenters. The van der Waals surface area contributed by atoms with Gasteiger partial charge in [0.15, 0.2) is 0 Å². The Balaban J connectivity index is 0.000000179. The van der Waals surface area contributed by atoms with Crippen LogP contribution in [0.1, 0.15) is 91.1 Å². The van der Waals surface area contributed by atoms with E-state index >= 15 is 0 Å². The SMILES string of the molecule is COc1cc(C(=O)N2CC[C@]3(C=C(C#N)CC3)Cc3ccccc32)ccc1NC(=O)c1cc(F)ccc1Cl.COc1cc(C(=O)N2CC[C@]3(C=C(C(N)=O)CC3)Cc3ccccc32)ccc1NC(=O)c1cc(F)ccc1Cl.Clc1nc(Cl)nc(Cl)n1. The average molecular weight is 1260 g/mol. The fourth-order valence-corrected chi connectivity index (χ4v) is 12.1. The van der Waals surface area contributed by atoms with Gasteiger partial charge in [-0.05, 0) is 193 Å². The molecule has 23 heteroatoms. The Morgan fingerprint density at radius 2 is 1.01 bits per heavy atom. The predicted octanol–water partition coefficient (Wildman–Crippen LogP) is 13.9. The molecule has 11 rings (SSSR count). The number of nitrogens with one attached hydrogen (secondary N) is 2. The van der Waals surface area contributed by atoms with Gasteiger partial charge in [-0.1, -0.05) is 71.8 Å². The number of halogens is 7. The first-order valence-electron chi connectivity index (χ1n) is 26.7. The first-order chi connectivity index (χ1) is 41.2. The molecule has 2 aliphatic heterocycles. The number of nitrogens with zero attached hydrogens (tertiary/aromatic N) is 6. The topological polar surface area (TPSA) is 223 Å². The van der Waals surface area contributed by atoms with Gasteiger partial charge in [0.05, 0.1) is 52.8 Å². The number of nitriles is 1. The average Bonchev–Trinajstić information content (AvgIpc) is 1.85. The fraction of sp³-hybridized carbons (Fsp3) is 0.222. The van der Waals surface area contributed by atoms with Crippen molar-refractivity contribution < 1.29 is 42.2 Å². The van der Waals surface area contributed by atoms with Gasteiger partial charge in [-0.2, -0.15) is 20.2 Å². The molecule has 0 bridgehead atoms. The molecule has 2 spiro atoms. The summed E-state index contributed by atoms with van der Waals surface area (Å²) < 4.78 is 38.3. The lowest BCUT2D eigenvalue weighted by atomic mass is 9.79. The number of hydrogen-bond donors (Lipinski definition) is 3. The van der Waals surface area contributed by atoms with Crippen LogP contribution in [0.2, 0.25) is 25.9 Å². The van der Waals surface area contributed by atoms with Crippen LogP contribution < -0.4 is 35.6 Å². The van der Waals surface area contributed by atoms with Gasteiger partial charge in [0.25, 0.3) is 23.6 Å². The van der Waals surface area contributed by atoms with Crippen LogP contribution in [0.25, 0.3) is 0 Å². The maximum Gasteiger partial charge on any atom is 0.258 e. The molecule has 4 aliphatic rings. The summed E-state index contributed by atoms with van der Waals surface area (Å²) in [5, 5.41) is 15.0. The first kappa shape index (κ1) is 62.1. The molecule has 2 aliphatic carbocycles. The number of para-hydroxylation sites is 2. The Morgan fingerprint density at radius 1 is 0.581 bits per heavy atom. The zero-order valence-electron chi connectivity index (χ0n) is 46.0. The second kappa shape index (κ2) is 26.9. The molecule has 0 unspecified atom stereocenters. The highest BCUT2D eigenvalue weighted by molar-refractivity contribution is 6.35. The molecular formula is C63H52Cl5F2N9O7. The molecule has 3 heterocycles. The zero-order chi connectivity index (χ0) is 61.5. The molecule has 86 heavy (non-hydrogen) atoms. The van der Waals surface area contributed by atoms with Crippen molar-refractivity contribution in [1.82, 2.24) is 15.0 Å². The number of carbonyl (C=O) groups excluding carboxylic acids is 5. The third-order valence-corrected chi connectivity index (χ3v) is 16.5. The number of benzene rings is 6. The van der Waals surface area contributed by atoms with E-state index in [1.165, 1.54) is 38.5 Å². The number of rotatable bonds is 9. The van der Waals surface area contributed by atoms with E-state index in [9.17, 15) is 38.0 Å². The van der Waals surface area contributed by atoms with Crippen LogP contribution in [0.15, 0.2) is 145 Å². The number of allylic oxidation sites excluding steroid dienone is 3. The highest BCUT2D eigenvalue weighted by Gasteiger charge is 2.40. The molecule has 0 fully saturated rings. The Kier molecular flexibility index (Phi) is 19.4. The Bertz CT molecular complexity index is 3910. The number of aromatic nitrogens is 3. The lowest BCUT2D eigenvalue weighted by Crippen LogP contribution is -2.33. The number of ether oxygens (including phenoxy) is 2. The van der Waals surface area contributed by atoms with Gasteiger partial charge < -0.3 is 35.6 Å². The molecular weight excluding hydrogens is 1210 g/mol. The minimum atomic E-state index is -0.608. The molecule has 7 aromatic rings. The summed E-state index contributed by atoms with van der Waals surface area (Å²) in [7, 11) is 2.88. The third kappa shape index (κ3) is 14.3. The lowest BCUT2D eigenvalue weighted by Gasteiger charge is -2.26. The molecule has 5 amide bonds. The van der Waals surface area contributed by atoms with Gasteiger partial charge in [-0.15, -0.1) is 0 Å². The maximum absolute atomic E-state index is 13.8. The highest BCUT2D eigenvalue weighted by Crippen LogP contribution is 2.48. The molecule has 0 saturated carbocycles. The second-order valence-corrected chi connectivity index (χ2v) is 22.5. The number of carbonyl (C=O) groups is 5. The summed E-state index contributed by atoms with van der Waals surface area (Å²) in [5.41, 5.74) is 11.8. The van der Waals surface area contributed by atoms with Crippen LogP contribution in [-0.4, -0.2) is 71.8 Å². The van der Waals surface area contributed by atoms with E-state index in [1.54, 1.807) is 46.2 Å². The van der Waals surface area contributed by atoms with Crippen molar-refractivity contribution in [2.75, 3.05) is 47.7 Å². The van der Waals surface area contributed by atoms with Gasteiger partial charge in [-0.25, -0.2) is 8.78 Å². The summed E-state index contributed by atoms with van der Waals surface area (Å²) in [4.78, 5) is 78.9. The number of methoxy groups -OCH3 is 2. The first-order valence-corrected chi connectivity index (χ1v) is 28.6. The van der Waals surface area contributed by atoms with E-state index in [-0.39, 0.29) is 71.2 Å². The minimum absolute atomic E-state index is 0.000000000000000444. The van der Waals surface area contributed by atoms with Crippen LogP contribution in [0.3, 0.4) is 0 Å². The maximum atomic E-state index is 13.8. The van der Waals surface area contributed by atoms with Crippen molar-refractivity contribution >= 4 is 110 Å². The lowest BCUT2D eigenvalue weighted by molar-refractivity contribution is -0.114. The molecule has 0 saturated heterocycles. The largest absolute Gasteiger partial charge is 0.495 e. The number of anilines is 4. The summed E-state index contributed by atoms with van der Waals surface area (Å²) in [6.07, 6.45) is 10.1. The summed E-state index contributed by atoms with van der Waals surface area (Å²) in [6.45, 7) is 0.960. The molecule has 0 radical (unpaired) electrons. The van der Waals surface area contributed by atoms with Gasteiger partial charge in [0.2, 0.25) is 21.8 Å². The Labute approximate surface area is 518 Å². The van der Waals surface area contributed by atoms with Crippen LogP contribution in [0.4, 0.5) is 31.5 Å². The number of hydrogen-bond acceptors (Lipinski definition) is 11. The predicted molar refractivity (Wildman–Crippen MR) is 327 cm³/mol. The second-order valence-electron chi connectivity index (χ2n) is 20.7. The van der Waals surface area contributed by atoms with Crippen molar-refractivity contribution in [1.29, 1.82) is 5.26 Å². The van der Waals surface area contributed by atoms with E-state index in [4.69, 9.17) is 73.2 Å². The third-order valence-electron chi connectivity index (χ3n) is 15.3.